The van der Waals surface area contributed by atoms with Gasteiger partial charge in [0, 0.05) is 32.8 Å². The molecule has 8 heteroatoms. The van der Waals surface area contributed by atoms with Crippen LogP contribution >= 0.6 is 11.6 Å². The van der Waals surface area contributed by atoms with Gasteiger partial charge in [-0.15, -0.1) is 11.6 Å². The highest BCUT2D eigenvalue weighted by atomic mass is 35.5. The summed E-state index contributed by atoms with van der Waals surface area (Å²) < 4.78 is 29.6. The quantitative estimate of drug-likeness (QED) is 0.179. The van der Waals surface area contributed by atoms with Crippen LogP contribution in [0.2, 0.25) is 0 Å². The molecule has 2 aliphatic rings. The average molecular weight is 504 g/mol. The number of esters is 1. The normalized spacial score (nSPS) is 27.0. The minimum absolute atomic E-state index is 0.00665. The van der Waals surface area contributed by atoms with E-state index in [1.807, 2.05) is 18.2 Å². The van der Waals surface area contributed by atoms with E-state index in [1.54, 1.807) is 6.26 Å². The van der Waals surface area contributed by atoms with Gasteiger partial charge in [-0.2, -0.15) is 0 Å². The number of alkyl halides is 1. The number of rotatable bonds is 10. The van der Waals surface area contributed by atoms with Gasteiger partial charge in [0.05, 0.1) is 30.8 Å². The van der Waals surface area contributed by atoms with Crippen molar-refractivity contribution >= 4 is 17.6 Å². The number of halogens is 1. The van der Waals surface area contributed by atoms with Gasteiger partial charge in [-0.05, 0) is 24.8 Å². The molecule has 0 bridgehead atoms. The molecule has 2 fully saturated rings. The summed E-state index contributed by atoms with van der Waals surface area (Å²) in [5, 5.41) is 0. The molecule has 0 radical (unpaired) electrons. The van der Waals surface area contributed by atoms with Gasteiger partial charge < -0.3 is 23.4 Å². The van der Waals surface area contributed by atoms with Crippen LogP contribution in [0.3, 0.4) is 0 Å². The van der Waals surface area contributed by atoms with E-state index < -0.39 is 0 Å². The highest BCUT2D eigenvalue weighted by Gasteiger charge is 2.36. The van der Waals surface area contributed by atoms with Gasteiger partial charge >= 0.3 is 5.97 Å². The van der Waals surface area contributed by atoms with Crippen molar-refractivity contribution in [1.82, 2.24) is 4.98 Å². The minimum atomic E-state index is -0.326. The van der Waals surface area contributed by atoms with Crippen LogP contribution in [0.15, 0.2) is 53.2 Å². The Labute approximate surface area is 211 Å². The Kier molecular flexibility index (Phi) is 9.38. The Morgan fingerprint density at radius 1 is 1.14 bits per heavy atom. The SMILES string of the molecule is C=C1C[C@H](C[C@@H]2C[C@H](OC(C)=O)C[C@H](c3coc(CCl)n3)O2)O[C@@H](CCOCc2ccccc2)C1. The molecule has 4 rings (SSSR count). The van der Waals surface area contributed by atoms with Gasteiger partial charge in [0.2, 0.25) is 5.89 Å². The van der Waals surface area contributed by atoms with Crippen molar-refractivity contribution in [3.63, 3.8) is 0 Å². The molecule has 1 aromatic carbocycles. The van der Waals surface area contributed by atoms with E-state index in [9.17, 15) is 4.79 Å². The molecule has 2 aromatic rings. The molecule has 35 heavy (non-hydrogen) atoms. The van der Waals surface area contributed by atoms with Crippen LogP contribution in [0.5, 0.6) is 0 Å². The van der Waals surface area contributed by atoms with Crippen LogP contribution in [0.25, 0.3) is 0 Å². The third kappa shape index (κ3) is 7.90. The smallest absolute Gasteiger partial charge is 0.302 e. The summed E-state index contributed by atoms with van der Waals surface area (Å²) in [6, 6.07) is 10.2. The van der Waals surface area contributed by atoms with Crippen LogP contribution in [0.1, 0.15) is 68.7 Å². The zero-order valence-corrected chi connectivity index (χ0v) is 21.0. The standard InChI is InChI=1S/C27H34ClNO6/c1-18-10-21(8-9-31-16-20-6-4-3-5-7-20)34-22(11-18)12-23-13-24(33-19(2)30)14-26(35-23)25-17-32-27(15-28)29-25/h3-7,17,21-24,26H,1,8-16H2,2H3/t21-,22+,23+,24-,26+/m0/s1. The number of benzene rings is 1. The van der Waals surface area contributed by atoms with Crippen molar-refractivity contribution in [2.45, 2.75) is 88.5 Å². The van der Waals surface area contributed by atoms with E-state index in [2.05, 4.69) is 23.7 Å². The van der Waals surface area contributed by atoms with Gasteiger partial charge in [0.25, 0.3) is 0 Å². The largest absolute Gasteiger partial charge is 0.462 e. The zero-order chi connectivity index (χ0) is 24.6. The number of hydrogen-bond acceptors (Lipinski definition) is 7. The van der Waals surface area contributed by atoms with Gasteiger partial charge in [-0.25, -0.2) is 4.98 Å². The van der Waals surface area contributed by atoms with Gasteiger partial charge in [0.1, 0.15) is 24.2 Å². The van der Waals surface area contributed by atoms with Crippen molar-refractivity contribution in [3.8, 4) is 0 Å². The Morgan fingerprint density at radius 2 is 1.94 bits per heavy atom. The molecule has 0 amide bonds. The van der Waals surface area contributed by atoms with Crippen LogP contribution in [0, 0.1) is 0 Å². The molecule has 0 N–H and O–H groups in total. The first-order valence-electron chi connectivity index (χ1n) is 12.2. The Bertz CT molecular complexity index is 964. The Balaban J connectivity index is 1.31. The molecule has 2 aliphatic heterocycles. The van der Waals surface area contributed by atoms with Crippen molar-refractivity contribution in [3.05, 3.63) is 65.9 Å². The third-order valence-electron chi connectivity index (χ3n) is 6.34. The predicted octanol–water partition coefficient (Wildman–Crippen LogP) is 5.67. The van der Waals surface area contributed by atoms with E-state index in [0.29, 0.717) is 44.1 Å². The highest BCUT2D eigenvalue weighted by Crippen LogP contribution is 2.36. The average Bonchev–Trinajstić information content (AvgIpc) is 3.31. The first-order valence-corrected chi connectivity index (χ1v) is 12.8. The summed E-state index contributed by atoms with van der Waals surface area (Å²) in [7, 11) is 0. The van der Waals surface area contributed by atoms with Crippen molar-refractivity contribution in [1.29, 1.82) is 0 Å². The summed E-state index contributed by atoms with van der Waals surface area (Å²) in [6.07, 6.45) is 5.21. The molecular formula is C27H34ClNO6. The molecule has 7 nitrogen and oxygen atoms in total. The first kappa shape index (κ1) is 25.9. The maximum atomic E-state index is 11.6. The second-order valence-corrected chi connectivity index (χ2v) is 9.62. The maximum absolute atomic E-state index is 11.6. The second-order valence-electron chi connectivity index (χ2n) is 9.35. The Morgan fingerprint density at radius 3 is 2.69 bits per heavy atom. The Hall–Kier alpha value is -2.19. The van der Waals surface area contributed by atoms with Crippen molar-refractivity contribution in [2.24, 2.45) is 0 Å². The van der Waals surface area contributed by atoms with Crippen molar-refractivity contribution < 1.29 is 28.2 Å². The van der Waals surface area contributed by atoms with Crippen molar-refractivity contribution in [2.75, 3.05) is 6.61 Å². The highest BCUT2D eigenvalue weighted by molar-refractivity contribution is 6.16. The van der Waals surface area contributed by atoms with Crippen LogP contribution in [0.4, 0.5) is 0 Å². The summed E-state index contributed by atoms with van der Waals surface area (Å²) >= 11 is 5.84. The summed E-state index contributed by atoms with van der Waals surface area (Å²) in [6.45, 7) is 6.90. The number of carbonyl (C=O) groups is 1. The number of carbonyl (C=O) groups excluding carboxylic acids is 1. The molecular weight excluding hydrogens is 470 g/mol. The number of nitrogens with zero attached hydrogens (tertiary/aromatic N) is 1. The zero-order valence-electron chi connectivity index (χ0n) is 20.2. The van der Waals surface area contributed by atoms with E-state index >= 15 is 0 Å². The summed E-state index contributed by atoms with van der Waals surface area (Å²) in [5.41, 5.74) is 3.02. The topological polar surface area (TPSA) is 80.0 Å². The number of hydrogen-bond donors (Lipinski definition) is 0. The van der Waals surface area contributed by atoms with Gasteiger partial charge in [-0.1, -0.05) is 42.5 Å². The van der Waals surface area contributed by atoms with Crippen LogP contribution in [-0.4, -0.2) is 42.0 Å². The molecule has 0 spiro atoms. The molecule has 5 atom stereocenters. The molecule has 0 saturated carbocycles. The number of aromatic nitrogens is 1. The molecule has 2 saturated heterocycles. The summed E-state index contributed by atoms with van der Waals surface area (Å²) in [4.78, 5) is 16.1. The number of oxazole rings is 1. The summed E-state index contributed by atoms with van der Waals surface area (Å²) in [5.74, 6) is 0.340. The monoisotopic (exact) mass is 503 g/mol. The van der Waals surface area contributed by atoms with Crippen LogP contribution in [-0.2, 0) is 36.2 Å². The van der Waals surface area contributed by atoms with E-state index in [4.69, 9.17) is 35.0 Å². The molecule has 190 valence electrons. The first-order chi connectivity index (χ1) is 17.0. The minimum Gasteiger partial charge on any atom is -0.462 e. The molecule has 1 aromatic heterocycles. The van der Waals surface area contributed by atoms with E-state index in [1.165, 1.54) is 12.5 Å². The third-order valence-corrected chi connectivity index (χ3v) is 6.57. The predicted molar refractivity (Wildman–Crippen MR) is 131 cm³/mol. The van der Waals surface area contributed by atoms with E-state index in [-0.39, 0.29) is 42.4 Å². The maximum Gasteiger partial charge on any atom is 0.302 e. The lowest BCUT2D eigenvalue weighted by Gasteiger charge is -2.38. The number of ether oxygens (including phenoxy) is 4. The van der Waals surface area contributed by atoms with Gasteiger partial charge in [-0.3, -0.25) is 4.79 Å². The molecule has 3 heterocycles. The van der Waals surface area contributed by atoms with Gasteiger partial charge in [0.15, 0.2) is 0 Å². The lowest BCUT2D eigenvalue weighted by atomic mass is 9.91. The lowest BCUT2D eigenvalue weighted by Crippen LogP contribution is -2.38. The van der Waals surface area contributed by atoms with E-state index in [0.717, 1.165) is 24.8 Å². The fourth-order valence-electron chi connectivity index (χ4n) is 4.86. The second kappa shape index (κ2) is 12.7. The van der Waals surface area contributed by atoms with Crippen LogP contribution < -0.4 is 0 Å². The fraction of sp³-hybridized carbons (Fsp3) is 0.556. The lowest BCUT2D eigenvalue weighted by molar-refractivity contribution is -0.164. The fourth-order valence-corrected chi connectivity index (χ4v) is 4.98. The molecule has 0 unspecified atom stereocenters. The molecule has 0 aliphatic carbocycles.